The van der Waals surface area contributed by atoms with Crippen LogP contribution in [0.25, 0.3) is 0 Å². The van der Waals surface area contributed by atoms with Crippen LogP contribution in [0, 0.1) is 3.57 Å². The number of nitrogens with one attached hydrogen (secondary N) is 1. The van der Waals surface area contributed by atoms with Crippen molar-refractivity contribution >= 4 is 28.4 Å². The number of hydrogen-bond acceptors (Lipinski definition) is 5. The van der Waals surface area contributed by atoms with Gasteiger partial charge in [-0.1, -0.05) is 6.07 Å². The van der Waals surface area contributed by atoms with Gasteiger partial charge in [-0.25, -0.2) is 10.8 Å². The molecule has 0 unspecified atom stereocenters. The molecule has 0 fully saturated rings. The van der Waals surface area contributed by atoms with E-state index in [1.54, 1.807) is 18.2 Å². The number of benzene rings is 1. The topological polar surface area (TPSA) is 73.1 Å². The van der Waals surface area contributed by atoms with Gasteiger partial charge >= 0.3 is 6.18 Å². The molecule has 0 atom stereocenters. The highest BCUT2D eigenvalue weighted by Gasteiger charge is 2.35. The molecule has 0 amide bonds. The molecule has 0 spiro atoms. The minimum atomic E-state index is -4.68. The van der Waals surface area contributed by atoms with Crippen LogP contribution in [0.5, 0.6) is 11.6 Å². The zero-order valence-electron chi connectivity index (χ0n) is 9.78. The third-order valence-electron chi connectivity index (χ3n) is 2.12. The van der Waals surface area contributed by atoms with Gasteiger partial charge in [0.1, 0.15) is 11.6 Å². The molecule has 106 valence electrons. The molecular formula is C11H8F3IN4O. The van der Waals surface area contributed by atoms with Crippen molar-refractivity contribution in [1.29, 1.82) is 0 Å². The number of nitrogen functional groups attached to an aromatic ring is 1. The van der Waals surface area contributed by atoms with Gasteiger partial charge in [-0.2, -0.15) is 18.2 Å². The Morgan fingerprint density at radius 2 is 1.95 bits per heavy atom. The molecule has 2 aromatic rings. The van der Waals surface area contributed by atoms with Crippen LogP contribution >= 0.6 is 22.6 Å². The summed E-state index contributed by atoms with van der Waals surface area (Å²) in [4.78, 5) is 6.55. The third-order valence-corrected chi connectivity index (χ3v) is 2.79. The van der Waals surface area contributed by atoms with Gasteiger partial charge in [0, 0.05) is 9.64 Å². The molecule has 0 aliphatic carbocycles. The lowest BCUT2D eigenvalue weighted by molar-refractivity contribution is -0.145. The number of nitrogens with two attached hydrogens (primary N) is 1. The number of halogens is 4. The molecule has 0 bridgehead atoms. The van der Waals surface area contributed by atoms with E-state index in [-0.39, 0.29) is 11.7 Å². The number of hydrogen-bond donors (Lipinski definition) is 2. The first-order chi connectivity index (χ1) is 9.38. The van der Waals surface area contributed by atoms with Crippen molar-refractivity contribution in [2.75, 3.05) is 5.43 Å². The first-order valence-electron chi connectivity index (χ1n) is 5.25. The van der Waals surface area contributed by atoms with Crippen molar-refractivity contribution in [2.45, 2.75) is 6.18 Å². The number of ether oxygens (including phenoxy) is 1. The molecule has 3 N–H and O–H groups in total. The monoisotopic (exact) mass is 396 g/mol. The van der Waals surface area contributed by atoms with Gasteiger partial charge in [-0.3, -0.25) is 0 Å². The summed E-state index contributed by atoms with van der Waals surface area (Å²) in [5, 5.41) is 0. The lowest BCUT2D eigenvalue weighted by Gasteiger charge is -2.10. The first-order valence-corrected chi connectivity index (χ1v) is 6.32. The number of anilines is 1. The van der Waals surface area contributed by atoms with Crippen LogP contribution in [0.2, 0.25) is 0 Å². The summed E-state index contributed by atoms with van der Waals surface area (Å²) in [5.74, 6) is 3.69. The van der Waals surface area contributed by atoms with Crippen molar-refractivity contribution in [3.63, 3.8) is 0 Å². The number of alkyl halides is 3. The SMILES string of the molecule is NNc1cc(Oc2cccc(I)c2)nc(C(F)(F)F)n1. The predicted molar refractivity (Wildman–Crippen MR) is 74.1 cm³/mol. The van der Waals surface area contributed by atoms with Crippen LogP contribution < -0.4 is 16.0 Å². The fraction of sp³-hybridized carbons (Fsp3) is 0.0909. The maximum atomic E-state index is 12.6. The Bertz CT molecular complexity index is 621. The fourth-order valence-electron chi connectivity index (χ4n) is 1.33. The molecule has 5 nitrogen and oxygen atoms in total. The number of rotatable bonds is 3. The van der Waals surface area contributed by atoms with Crippen LogP contribution in [0.4, 0.5) is 19.0 Å². The second-order valence-electron chi connectivity index (χ2n) is 3.62. The quantitative estimate of drug-likeness (QED) is 0.474. The highest BCUT2D eigenvalue weighted by Crippen LogP contribution is 2.30. The summed E-state index contributed by atoms with van der Waals surface area (Å²) >= 11 is 2.06. The normalized spacial score (nSPS) is 11.2. The highest BCUT2D eigenvalue weighted by molar-refractivity contribution is 14.1. The van der Waals surface area contributed by atoms with E-state index in [0.29, 0.717) is 5.75 Å². The van der Waals surface area contributed by atoms with E-state index in [1.807, 2.05) is 11.5 Å². The molecule has 2 rings (SSSR count). The smallest absolute Gasteiger partial charge is 0.439 e. The van der Waals surface area contributed by atoms with Crippen LogP contribution in [-0.2, 0) is 6.18 Å². The summed E-state index contributed by atoms with van der Waals surface area (Å²) in [5.41, 5.74) is 2.04. The van der Waals surface area contributed by atoms with E-state index in [2.05, 4.69) is 32.6 Å². The standard InChI is InChI=1S/C11H8F3IN4O/c12-11(13,14)10-17-8(19-16)5-9(18-10)20-7-3-1-2-6(15)4-7/h1-5H,16H2,(H,17,18,19). The molecule has 0 aliphatic rings. The largest absolute Gasteiger partial charge is 0.451 e. The van der Waals surface area contributed by atoms with Gasteiger partial charge in [0.05, 0.1) is 0 Å². The molecule has 0 radical (unpaired) electrons. The molecule has 1 heterocycles. The Hall–Kier alpha value is -1.62. The van der Waals surface area contributed by atoms with Crippen LogP contribution in [0.1, 0.15) is 5.82 Å². The third kappa shape index (κ3) is 3.70. The summed E-state index contributed by atoms with van der Waals surface area (Å²) < 4.78 is 44.1. The van der Waals surface area contributed by atoms with E-state index < -0.39 is 12.0 Å². The van der Waals surface area contributed by atoms with Crippen molar-refractivity contribution in [1.82, 2.24) is 9.97 Å². The second-order valence-corrected chi connectivity index (χ2v) is 4.86. The minimum Gasteiger partial charge on any atom is -0.439 e. The molecule has 1 aromatic heterocycles. The molecule has 1 aromatic carbocycles. The van der Waals surface area contributed by atoms with Gasteiger partial charge in [-0.15, -0.1) is 0 Å². The summed E-state index contributed by atoms with van der Waals surface area (Å²) in [6, 6.07) is 7.97. The molecule has 9 heteroatoms. The lowest BCUT2D eigenvalue weighted by atomic mass is 10.3. The van der Waals surface area contributed by atoms with E-state index in [1.165, 1.54) is 6.07 Å². The number of aromatic nitrogens is 2. The van der Waals surface area contributed by atoms with Gasteiger partial charge in [-0.05, 0) is 40.8 Å². The highest BCUT2D eigenvalue weighted by atomic mass is 127. The number of nitrogens with zero attached hydrogens (tertiary/aromatic N) is 2. The Kier molecular flexibility index (Phi) is 4.28. The molecule has 20 heavy (non-hydrogen) atoms. The van der Waals surface area contributed by atoms with Crippen LogP contribution in [0.3, 0.4) is 0 Å². The van der Waals surface area contributed by atoms with Gasteiger partial charge < -0.3 is 10.2 Å². The van der Waals surface area contributed by atoms with Crippen molar-refractivity contribution in [3.05, 3.63) is 39.7 Å². The zero-order valence-corrected chi connectivity index (χ0v) is 11.9. The molecule has 0 aliphatic heterocycles. The van der Waals surface area contributed by atoms with Gasteiger partial charge in [0.15, 0.2) is 0 Å². The Balaban J connectivity index is 2.36. The van der Waals surface area contributed by atoms with E-state index >= 15 is 0 Å². The Labute approximate surface area is 125 Å². The predicted octanol–water partition coefficient (Wildman–Crippen LogP) is 3.18. The summed E-state index contributed by atoms with van der Waals surface area (Å²) in [7, 11) is 0. The number of hydrazine groups is 1. The molecule has 0 saturated heterocycles. The maximum absolute atomic E-state index is 12.6. The van der Waals surface area contributed by atoms with Crippen molar-refractivity contribution in [3.8, 4) is 11.6 Å². The van der Waals surface area contributed by atoms with Crippen LogP contribution in [-0.4, -0.2) is 9.97 Å². The maximum Gasteiger partial charge on any atom is 0.451 e. The minimum absolute atomic E-state index is 0.187. The average Bonchev–Trinajstić information content (AvgIpc) is 2.37. The van der Waals surface area contributed by atoms with Gasteiger partial charge in [0.25, 0.3) is 0 Å². The van der Waals surface area contributed by atoms with Crippen molar-refractivity contribution < 1.29 is 17.9 Å². The average molecular weight is 396 g/mol. The second kappa shape index (κ2) is 5.79. The van der Waals surface area contributed by atoms with E-state index in [0.717, 1.165) is 3.57 Å². The van der Waals surface area contributed by atoms with Crippen molar-refractivity contribution in [2.24, 2.45) is 5.84 Å². The first kappa shape index (κ1) is 14.8. The summed E-state index contributed by atoms with van der Waals surface area (Å²) in [6.45, 7) is 0. The lowest BCUT2D eigenvalue weighted by Crippen LogP contribution is -2.16. The van der Waals surface area contributed by atoms with E-state index in [4.69, 9.17) is 10.6 Å². The fourth-order valence-corrected chi connectivity index (χ4v) is 1.84. The Morgan fingerprint density at radius 3 is 2.55 bits per heavy atom. The molecular weight excluding hydrogens is 388 g/mol. The molecule has 0 saturated carbocycles. The van der Waals surface area contributed by atoms with E-state index in [9.17, 15) is 13.2 Å². The Morgan fingerprint density at radius 1 is 1.20 bits per heavy atom. The van der Waals surface area contributed by atoms with Gasteiger partial charge in [0.2, 0.25) is 11.7 Å². The van der Waals surface area contributed by atoms with Crippen LogP contribution in [0.15, 0.2) is 30.3 Å². The zero-order chi connectivity index (χ0) is 14.8. The summed E-state index contributed by atoms with van der Waals surface area (Å²) in [6.07, 6.45) is -4.68.